The summed E-state index contributed by atoms with van der Waals surface area (Å²) in [6.07, 6.45) is 56.9. The van der Waals surface area contributed by atoms with E-state index in [0.29, 0.717) is 19.3 Å². The second-order valence-electron chi connectivity index (χ2n) is 22.2. The molecule has 2 N–H and O–H groups in total. The summed E-state index contributed by atoms with van der Waals surface area (Å²) in [6, 6.07) is 0. The summed E-state index contributed by atoms with van der Waals surface area (Å²) in [5, 5.41) is 21.8. The summed E-state index contributed by atoms with van der Waals surface area (Å²) in [6.45, 7) is 6.90. The van der Waals surface area contributed by atoms with Crippen molar-refractivity contribution in [3.63, 3.8) is 0 Å². The average molecular weight is 976 g/mol. The zero-order valence-corrected chi connectivity index (χ0v) is 46.4. The smallest absolute Gasteiger partial charge is 0.306 e. The molecule has 0 amide bonds. The summed E-state index contributed by atoms with van der Waals surface area (Å²) in [5.74, 6) is -2.92. The van der Waals surface area contributed by atoms with E-state index in [9.17, 15) is 24.6 Å². The number of aliphatic hydroxyl groups is 1. The first-order valence-corrected chi connectivity index (χ1v) is 31.0. The van der Waals surface area contributed by atoms with Gasteiger partial charge in [-0.2, -0.15) is 0 Å². The molecule has 7 heteroatoms. The maximum atomic E-state index is 13.6. The molecule has 5 atom stereocenters. The van der Waals surface area contributed by atoms with Crippen LogP contribution in [0.4, 0.5) is 0 Å². The van der Waals surface area contributed by atoms with Crippen molar-refractivity contribution in [3.8, 4) is 0 Å². The van der Waals surface area contributed by atoms with Crippen molar-refractivity contribution < 1.29 is 34.1 Å². The van der Waals surface area contributed by atoms with Crippen LogP contribution in [0, 0.1) is 17.8 Å². The van der Waals surface area contributed by atoms with E-state index in [1.165, 1.54) is 231 Å². The van der Waals surface area contributed by atoms with Gasteiger partial charge in [-0.3, -0.25) is 14.4 Å². The largest absolute Gasteiger partial charge is 0.481 e. The van der Waals surface area contributed by atoms with E-state index in [1.807, 2.05) is 0 Å². The van der Waals surface area contributed by atoms with Crippen LogP contribution in [0.5, 0.6) is 0 Å². The van der Waals surface area contributed by atoms with Crippen LogP contribution in [-0.4, -0.2) is 53.4 Å². The summed E-state index contributed by atoms with van der Waals surface area (Å²) >= 11 is 0. The lowest BCUT2D eigenvalue weighted by atomic mass is 9.76. The molecule has 5 unspecified atom stereocenters. The highest BCUT2D eigenvalue weighted by Crippen LogP contribution is 2.38. The van der Waals surface area contributed by atoms with Crippen LogP contribution in [0.3, 0.4) is 0 Å². The van der Waals surface area contributed by atoms with Crippen LogP contribution < -0.4 is 0 Å². The number of unbranched alkanes of at least 4 members (excludes halogenated alkanes) is 42. The molecular formula is C62H118O7. The maximum Gasteiger partial charge on any atom is 0.306 e. The molecule has 0 aromatic carbocycles. The van der Waals surface area contributed by atoms with E-state index in [2.05, 4.69) is 20.8 Å². The number of rotatable bonds is 55. The molecule has 0 bridgehead atoms. The Morgan fingerprint density at radius 2 is 0.754 bits per heavy atom. The number of Topliss-reactive ketones (excluding diaryl/α,β-unsaturated/α-hetero) is 1. The number of ether oxygens (including phenoxy) is 2. The lowest BCUT2D eigenvalue weighted by Gasteiger charge is -2.31. The van der Waals surface area contributed by atoms with E-state index in [4.69, 9.17) is 9.47 Å². The summed E-state index contributed by atoms with van der Waals surface area (Å²) < 4.78 is 12.1. The number of aliphatic hydroxyl groups excluding tert-OH is 1. The highest BCUT2D eigenvalue weighted by atomic mass is 16.5. The molecule has 0 saturated carbocycles. The van der Waals surface area contributed by atoms with Crippen molar-refractivity contribution >= 4 is 17.7 Å². The van der Waals surface area contributed by atoms with Gasteiger partial charge in [-0.15, -0.1) is 0 Å². The van der Waals surface area contributed by atoms with E-state index in [0.717, 1.165) is 57.8 Å². The van der Waals surface area contributed by atoms with Crippen molar-refractivity contribution in [3.05, 3.63) is 0 Å². The van der Waals surface area contributed by atoms with Crippen LogP contribution in [0.15, 0.2) is 0 Å². The van der Waals surface area contributed by atoms with E-state index >= 15 is 0 Å². The van der Waals surface area contributed by atoms with Gasteiger partial charge in [0.05, 0.1) is 31.3 Å². The van der Waals surface area contributed by atoms with Gasteiger partial charge in [-0.05, 0) is 19.3 Å². The van der Waals surface area contributed by atoms with Gasteiger partial charge in [-0.25, -0.2) is 0 Å². The third-order valence-corrected chi connectivity index (χ3v) is 15.6. The first-order chi connectivity index (χ1) is 33.8. The number of hydrogen-bond donors (Lipinski definition) is 2. The van der Waals surface area contributed by atoms with Crippen molar-refractivity contribution in [2.45, 2.75) is 348 Å². The van der Waals surface area contributed by atoms with Crippen molar-refractivity contribution in [2.75, 3.05) is 13.2 Å². The van der Waals surface area contributed by atoms with Crippen LogP contribution in [0.25, 0.3) is 0 Å². The zero-order valence-electron chi connectivity index (χ0n) is 46.4. The maximum absolute atomic E-state index is 13.6. The van der Waals surface area contributed by atoms with Crippen molar-refractivity contribution in [2.24, 2.45) is 17.8 Å². The number of aliphatic carboxylic acids is 1. The molecule has 1 heterocycles. The lowest BCUT2D eigenvalue weighted by molar-refractivity contribution is -0.151. The molecule has 0 aromatic rings. The first kappa shape index (κ1) is 65.5. The lowest BCUT2D eigenvalue weighted by Crippen LogP contribution is -2.41. The molecule has 69 heavy (non-hydrogen) atoms. The van der Waals surface area contributed by atoms with Crippen LogP contribution >= 0.6 is 0 Å². The topological polar surface area (TPSA) is 110 Å². The summed E-state index contributed by atoms with van der Waals surface area (Å²) in [5.41, 5.74) is 0. The van der Waals surface area contributed by atoms with Crippen LogP contribution in [0.1, 0.15) is 335 Å². The van der Waals surface area contributed by atoms with Gasteiger partial charge >= 0.3 is 11.9 Å². The molecule has 1 saturated heterocycles. The van der Waals surface area contributed by atoms with E-state index < -0.39 is 35.9 Å². The Morgan fingerprint density at radius 1 is 0.449 bits per heavy atom. The molecule has 7 nitrogen and oxygen atoms in total. The third-order valence-electron chi connectivity index (χ3n) is 15.6. The fourth-order valence-corrected chi connectivity index (χ4v) is 11.1. The van der Waals surface area contributed by atoms with Gasteiger partial charge in [0.1, 0.15) is 5.78 Å². The minimum Gasteiger partial charge on any atom is -0.481 e. The molecule has 1 rings (SSSR count). The number of carbonyl (C=O) groups excluding carboxylic acids is 2. The minimum atomic E-state index is -0.920. The van der Waals surface area contributed by atoms with Gasteiger partial charge < -0.3 is 19.7 Å². The van der Waals surface area contributed by atoms with E-state index in [-0.39, 0.29) is 31.4 Å². The number of esters is 1. The third kappa shape index (κ3) is 39.7. The Balaban J connectivity index is 2.57. The van der Waals surface area contributed by atoms with Crippen molar-refractivity contribution in [1.29, 1.82) is 0 Å². The molecule has 0 spiro atoms. The number of carbonyl (C=O) groups is 3. The predicted molar refractivity (Wildman–Crippen MR) is 293 cm³/mol. The fraction of sp³-hybridized carbons (Fsp3) is 0.952. The quantitative estimate of drug-likeness (QED) is 0.0461. The molecule has 0 aliphatic carbocycles. The normalized spacial score (nSPS) is 16.8. The number of carboxylic acid groups (broad SMARTS) is 1. The average Bonchev–Trinajstić information content (AvgIpc) is 3.72. The number of ketones is 1. The Labute approximate surface area is 428 Å². The van der Waals surface area contributed by atoms with Crippen LogP contribution in [-0.2, 0) is 23.9 Å². The molecule has 0 radical (unpaired) electrons. The summed E-state index contributed by atoms with van der Waals surface area (Å²) in [4.78, 5) is 39.5. The minimum absolute atomic E-state index is 0.0291. The Morgan fingerprint density at radius 3 is 1.09 bits per heavy atom. The number of hydrogen-bond acceptors (Lipinski definition) is 6. The monoisotopic (exact) mass is 975 g/mol. The summed E-state index contributed by atoms with van der Waals surface area (Å²) in [7, 11) is 0. The molecule has 408 valence electrons. The molecule has 0 aromatic heterocycles. The van der Waals surface area contributed by atoms with Gasteiger partial charge in [-0.1, -0.05) is 297 Å². The highest BCUT2D eigenvalue weighted by molar-refractivity contribution is 5.78. The Hall–Kier alpha value is -1.47. The highest BCUT2D eigenvalue weighted by Gasteiger charge is 2.48. The molecule has 1 aliphatic heterocycles. The zero-order chi connectivity index (χ0) is 50.1. The second-order valence-corrected chi connectivity index (χ2v) is 22.2. The first-order valence-electron chi connectivity index (χ1n) is 31.0. The van der Waals surface area contributed by atoms with Gasteiger partial charge in [0.2, 0.25) is 0 Å². The second kappa shape index (κ2) is 50.1. The predicted octanol–water partition coefficient (Wildman–Crippen LogP) is 19.0. The fourth-order valence-electron chi connectivity index (χ4n) is 11.1. The van der Waals surface area contributed by atoms with Crippen LogP contribution in [0.2, 0.25) is 0 Å². The SMILES string of the molecule is CCCCCCCCCCCCCCCCCC(=O)CC(COC(=O)CCCCCCCCCCCCCCCCC)C1OCC(O)C1C(CCCCCCCCCCCCCCCCC)C(=O)O. The standard InChI is InChI=1S/C62H118O7/c1-4-7-10-13-16-19-22-25-28-31-34-37-40-43-46-49-56(63)52-55(53-68-59(65)51-48-45-42-39-36-33-30-27-24-21-18-15-12-9-6-3)61-60(58(64)54-69-61)57(62(66)67)50-47-44-41-38-35-32-29-26-23-20-17-14-11-8-5-2/h55,57-58,60-61,64H,4-54H2,1-3H3,(H,66,67). The molecule has 1 fully saturated rings. The number of carboxylic acids is 1. The molecule has 1 aliphatic rings. The Kier molecular flexibility index (Phi) is 47.6. The Bertz CT molecular complexity index is 1130. The van der Waals surface area contributed by atoms with Crippen molar-refractivity contribution in [1.82, 2.24) is 0 Å². The van der Waals surface area contributed by atoms with Gasteiger partial charge in [0.15, 0.2) is 0 Å². The van der Waals surface area contributed by atoms with Gasteiger partial charge in [0.25, 0.3) is 0 Å². The van der Waals surface area contributed by atoms with E-state index in [1.54, 1.807) is 0 Å². The molecular weight excluding hydrogens is 857 g/mol. The van der Waals surface area contributed by atoms with Gasteiger partial charge in [0, 0.05) is 31.1 Å².